The normalized spacial score (nSPS) is 10.7. The molecule has 0 amide bonds. The lowest BCUT2D eigenvalue weighted by atomic mass is 10.2. The minimum Gasteiger partial charge on any atom is -0.456 e. The van der Waals surface area contributed by atoms with Crippen molar-refractivity contribution in [1.29, 1.82) is 5.26 Å². The molecule has 0 saturated heterocycles. The number of esters is 1. The molecule has 2 rings (SSSR count). The maximum atomic E-state index is 13.4. The van der Waals surface area contributed by atoms with Gasteiger partial charge in [0.1, 0.15) is 12.4 Å². The fraction of sp³-hybridized carbons (Fsp3) is 0.111. The van der Waals surface area contributed by atoms with Gasteiger partial charge in [0.15, 0.2) is 5.78 Å². The van der Waals surface area contributed by atoms with E-state index in [-0.39, 0.29) is 17.9 Å². The van der Waals surface area contributed by atoms with Crippen molar-refractivity contribution in [3.63, 3.8) is 0 Å². The van der Waals surface area contributed by atoms with Gasteiger partial charge in [0, 0.05) is 6.92 Å². The Hall–Kier alpha value is -3.53. The summed E-state index contributed by atoms with van der Waals surface area (Å²) in [7, 11) is 0. The molecule has 0 fully saturated rings. The fourth-order valence-electron chi connectivity index (χ4n) is 1.90. The number of Topliss-reactive ketones (excluding diaryl/α,β-unsaturated/α-hetero) is 1. The van der Waals surface area contributed by atoms with Crippen molar-refractivity contribution < 1.29 is 18.7 Å². The van der Waals surface area contributed by atoms with E-state index in [9.17, 15) is 14.0 Å². The number of carbonyl (C=O) groups excluding carboxylic acids is 2. The highest BCUT2D eigenvalue weighted by Crippen LogP contribution is 2.13. The maximum Gasteiger partial charge on any atom is 0.362 e. The molecule has 0 spiro atoms. The number of benzene rings is 2. The molecule has 1 N–H and O–H groups in total. The third kappa shape index (κ3) is 5.25. The van der Waals surface area contributed by atoms with Gasteiger partial charge in [0.05, 0.1) is 17.3 Å². The SMILES string of the molecule is CC(=O)C(=NNc1cc(F)cc(C#N)c1)C(=O)OCc1ccccc1. The quantitative estimate of drug-likeness (QED) is 0.378. The molecule has 25 heavy (non-hydrogen) atoms. The standard InChI is InChI=1S/C18H14FN3O3/c1-12(23)17(18(24)25-11-13-5-3-2-4-6-13)22-21-16-8-14(10-20)7-15(19)9-16/h2-9,21H,11H2,1H3. The van der Waals surface area contributed by atoms with E-state index in [1.165, 1.54) is 6.07 Å². The van der Waals surface area contributed by atoms with Crippen LogP contribution in [0.5, 0.6) is 0 Å². The predicted molar refractivity (Wildman–Crippen MR) is 89.1 cm³/mol. The molecule has 0 atom stereocenters. The first-order chi connectivity index (χ1) is 12.0. The van der Waals surface area contributed by atoms with E-state index in [0.717, 1.165) is 24.6 Å². The first kappa shape index (κ1) is 17.8. The number of carbonyl (C=O) groups is 2. The smallest absolute Gasteiger partial charge is 0.362 e. The van der Waals surface area contributed by atoms with E-state index in [1.54, 1.807) is 30.3 Å². The van der Waals surface area contributed by atoms with Gasteiger partial charge < -0.3 is 4.74 Å². The number of ether oxygens (including phenoxy) is 1. The molecular formula is C18H14FN3O3. The third-order valence-electron chi connectivity index (χ3n) is 3.06. The molecule has 0 aliphatic heterocycles. The number of hydrazone groups is 1. The second-order valence-corrected chi connectivity index (χ2v) is 5.03. The number of halogens is 1. The molecule has 126 valence electrons. The number of nitrogens with one attached hydrogen (secondary N) is 1. The van der Waals surface area contributed by atoms with Gasteiger partial charge in [-0.15, -0.1) is 0 Å². The van der Waals surface area contributed by atoms with E-state index in [2.05, 4.69) is 10.5 Å². The maximum absolute atomic E-state index is 13.4. The summed E-state index contributed by atoms with van der Waals surface area (Å²) in [5.41, 5.74) is 2.90. The Kier molecular flexibility index (Phi) is 5.96. The van der Waals surface area contributed by atoms with E-state index in [0.29, 0.717) is 0 Å². The first-order valence-electron chi connectivity index (χ1n) is 7.26. The molecule has 0 bridgehead atoms. The van der Waals surface area contributed by atoms with Crippen LogP contribution in [0.1, 0.15) is 18.1 Å². The molecule has 7 heteroatoms. The molecule has 0 aliphatic carbocycles. The van der Waals surface area contributed by atoms with E-state index in [4.69, 9.17) is 10.00 Å². The van der Waals surface area contributed by atoms with Crippen molar-refractivity contribution in [2.75, 3.05) is 5.43 Å². The Labute approximate surface area is 143 Å². The summed E-state index contributed by atoms with van der Waals surface area (Å²) in [5.74, 6) is -2.16. The average Bonchev–Trinajstić information content (AvgIpc) is 2.60. The Morgan fingerprint density at radius 2 is 1.96 bits per heavy atom. The van der Waals surface area contributed by atoms with Crippen LogP contribution in [0.3, 0.4) is 0 Å². The second kappa shape index (κ2) is 8.36. The van der Waals surface area contributed by atoms with Crippen molar-refractivity contribution >= 4 is 23.2 Å². The van der Waals surface area contributed by atoms with Gasteiger partial charge in [-0.1, -0.05) is 30.3 Å². The van der Waals surface area contributed by atoms with Gasteiger partial charge in [-0.3, -0.25) is 10.2 Å². The van der Waals surface area contributed by atoms with Crippen LogP contribution < -0.4 is 5.43 Å². The van der Waals surface area contributed by atoms with Gasteiger partial charge in [-0.25, -0.2) is 9.18 Å². The highest BCUT2D eigenvalue weighted by molar-refractivity contribution is 6.64. The van der Waals surface area contributed by atoms with Crippen LogP contribution in [0.4, 0.5) is 10.1 Å². The summed E-state index contributed by atoms with van der Waals surface area (Å²) in [6, 6.07) is 14.2. The third-order valence-corrected chi connectivity index (χ3v) is 3.06. The number of hydrogen-bond acceptors (Lipinski definition) is 6. The number of nitriles is 1. The summed E-state index contributed by atoms with van der Waals surface area (Å²) >= 11 is 0. The van der Waals surface area contributed by atoms with Crippen LogP contribution in [0.25, 0.3) is 0 Å². The lowest BCUT2D eigenvalue weighted by molar-refractivity contribution is -0.137. The molecule has 2 aromatic carbocycles. The molecule has 2 aromatic rings. The molecule has 0 unspecified atom stereocenters. The molecule has 0 heterocycles. The second-order valence-electron chi connectivity index (χ2n) is 5.03. The fourth-order valence-corrected chi connectivity index (χ4v) is 1.90. The first-order valence-corrected chi connectivity index (χ1v) is 7.26. The monoisotopic (exact) mass is 339 g/mol. The van der Waals surface area contributed by atoms with Gasteiger partial charge in [-0.2, -0.15) is 10.4 Å². The van der Waals surface area contributed by atoms with Crippen LogP contribution in [0.15, 0.2) is 53.6 Å². The van der Waals surface area contributed by atoms with Crippen molar-refractivity contribution in [2.45, 2.75) is 13.5 Å². The Balaban J connectivity index is 2.10. The van der Waals surface area contributed by atoms with E-state index < -0.39 is 23.3 Å². The highest BCUT2D eigenvalue weighted by Gasteiger charge is 2.19. The van der Waals surface area contributed by atoms with Crippen LogP contribution in [0.2, 0.25) is 0 Å². The van der Waals surface area contributed by atoms with Gasteiger partial charge in [0.2, 0.25) is 5.71 Å². The summed E-state index contributed by atoms with van der Waals surface area (Å²) < 4.78 is 18.4. The zero-order valence-corrected chi connectivity index (χ0v) is 13.3. The topological polar surface area (TPSA) is 91.5 Å². The van der Waals surface area contributed by atoms with Gasteiger partial charge in [-0.05, 0) is 23.8 Å². The average molecular weight is 339 g/mol. The molecule has 0 aliphatic rings. The molecular weight excluding hydrogens is 325 g/mol. The van der Waals surface area contributed by atoms with Crippen LogP contribution in [-0.4, -0.2) is 17.5 Å². The summed E-state index contributed by atoms with van der Waals surface area (Å²) in [6.07, 6.45) is 0. The number of ketones is 1. The Morgan fingerprint density at radius 3 is 2.60 bits per heavy atom. The number of nitrogens with zero attached hydrogens (tertiary/aromatic N) is 2. The molecule has 6 nitrogen and oxygen atoms in total. The summed E-state index contributed by atoms with van der Waals surface area (Å²) in [6.45, 7) is 1.15. The largest absolute Gasteiger partial charge is 0.456 e. The van der Waals surface area contributed by atoms with Crippen molar-refractivity contribution in [3.05, 3.63) is 65.5 Å². The van der Waals surface area contributed by atoms with Gasteiger partial charge >= 0.3 is 5.97 Å². The minimum absolute atomic E-state index is 0.00941. The van der Waals surface area contributed by atoms with E-state index >= 15 is 0 Å². The lowest BCUT2D eigenvalue weighted by Crippen LogP contribution is -2.25. The van der Waals surface area contributed by atoms with Crippen molar-refractivity contribution in [1.82, 2.24) is 0 Å². The van der Waals surface area contributed by atoms with Crippen LogP contribution in [0, 0.1) is 17.1 Å². The summed E-state index contributed by atoms with van der Waals surface area (Å²) in [5, 5.41) is 12.5. The molecule has 0 saturated carbocycles. The predicted octanol–water partition coefficient (Wildman–Crippen LogP) is 2.80. The number of rotatable bonds is 6. The lowest BCUT2D eigenvalue weighted by Gasteiger charge is -2.07. The van der Waals surface area contributed by atoms with Gasteiger partial charge in [0.25, 0.3) is 0 Å². The Morgan fingerprint density at radius 1 is 1.24 bits per heavy atom. The van der Waals surface area contributed by atoms with E-state index in [1.807, 2.05) is 6.07 Å². The minimum atomic E-state index is -0.902. The van der Waals surface area contributed by atoms with Crippen molar-refractivity contribution in [2.24, 2.45) is 5.10 Å². The summed E-state index contributed by atoms with van der Waals surface area (Å²) in [4.78, 5) is 23.6. The van der Waals surface area contributed by atoms with Crippen LogP contribution >= 0.6 is 0 Å². The molecule has 0 aromatic heterocycles. The molecule has 0 radical (unpaired) electrons. The zero-order chi connectivity index (χ0) is 18.2. The zero-order valence-electron chi connectivity index (χ0n) is 13.3. The number of anilines is 1. The van der Waals surface area contributed by atoms with Crippen molar-refractivity contribution in [3.8, 4) is 6.07 Å². The van der Waals surface area contributed by atoms with Crippen LogP contribution in [-0.2, 0) is 20.9 Å². The Bertz CT molecular complexity index is 858. The highest BCUT2D eigenvalue weighted by atomic mass is 19.1. The number of hydrogen-bond donors (Lipinski definition) is 1.